The molecule has 0 aliphatic carbocycles. The summed E-state index contributed by atoms with van der Waals surface area (Å²) in [5.74, 6) is 0. The van der Waals surface area contributed by atoms with E-state index in [1.807, 2.05) is 23.7 Å². The lowest BCUT2D eigenvalue weighted by atomic mass is 10.4. The molecule has 0 atom stereocenters. The second kappa shape index (κ2) is 4.43. The standard InChI is InChI=1S/C8H15NS2/c1-4-7-8(10-3)6-9(5-2)11-7/h4-6H2,1-3H3. The van der Waals surface area contributed by atoms with Crippen molar-refractivity contribution in [2.24, 2.45) is 0 Å². The van der Waals surface area contributed by atoms with Crippen LogP contribution in [0.4, 0.5) is 0 Å². The highest BCUT2D eigenvalue weighted by Gasteiger charge is 2.19. The van der Waals surface area contributed by atoms with Gasteiger partial charge in [-0.15, -0.1) is 11.8 Å². The van der Waals surface area contributed by atoms with E-state index < -0.39 is 0 Å². The van der Waals surface area contributed by atoms with Crippen molar-refractivity contribution in [3.8, 4) is 0 Å². The molecule has 1 heterocycles. The minimum absolute atomic E-state index is 1.15. The van der Waals surface area contributed by atoms with Gasteiger partial charge in [0, 0.05) is 22.9 Å². The first-order valence-electron chi connectivity index (χ1n) is 4.00. The summed E-state index contributed by atoms with van der Waals surface area (Å²) in [6.07, 6.45) is 3.36. The number of hydrogen-bond acceptors (Lipinski definition) is 3. The molecule has 3 heteroatoms. The molecule has 0 unspecified atom stereocenters. The monoisotopic (exact) mass is 189 g/mol. The number of thioether (sulfide) groups is 1. The zero-order chi connectivity index (χ0) is 8.27. The summed E-state index contributed by atoms with van der Waals surface area (Å²) in [4.78, 5) is 3.14. The average Bonchev–Trinajstić information content (AvgIpc) is 2.46. The summed E-state index contributed by atoms with van der Waals surface area (Å²) in [5, 5.41) is 0. The molecule has 0 amide bonds. The van der Waals surface area contributed by atoms with Gasteiger partial charge in [-0.25, -0.2) is 4.31 Å². The Balaban J connectivity index is 2.56. The Morgan fingerprint density at radius 3 is 2.64 bits per heavy atom. The molecule has 1 nitrogen and oxygen atoms in total. The summed E-state index contributed by atoms with van der Waals surface area (Å²) in [6, 6.07) is 0. The van der Waals surface area contributed by atoms with Crippen LogP contribution in [0.15, 0.2) is 9.81 Å². The molecule has 0 saturated heterocycles. The maximum atomic E-state index is 2.41. The van der Waals surface area contributed by atoms with Crippen molar-refractivity contribution < 1.29 is 0 Å². The molecule has 1 rings (SSSR count). The fraction of sp³-hybridized carbons (Fsp3) is 0.750. The summed E-state index contributed by atoms with van der Waals surface area (Å²) in [7, 11) is 0. The smallest absolute Gasteiger partial charge is 0.0411 e. The molecule has 0 fully saturated rings. The number of nitrogens with zero attached hydrogens (tertiary/aromatic N) is 1. The molecule has 0 aromatic carbocycles. The van der Waals surface area contributed by atoms with Crippen LogP contribution in [0.25, 0.3) is 0 Å². The third-order valence-electron chi connectivity index (χ3n) is 1.79. The quantitative estimate of drug-likeness (QED) is 0.628. The maximum Gasteiger partial charge on any atom is 0.0411 e. The highest BCUT2D eigenvalue weighted by Crippen LogP contribution is 2.38. The van der Waals surface area contributed by atoms with Gasteiger partial charge in [-0.3, -0.25) is 0 Å². The van der Waals surface area contributed by atoms with Gasteiger partial charge in [0.25, 0.3) is 0 Å². The van der Waals surface area contributed by atoms with Crippen molar-refractivity contribution in [3.05, 3.63) is 9.81 Å². The van der Waals surface area contributed by atoms with Crippen molar-refractivity contribution >= 4 is 23.7 Å². The van der Waals surface area contributed by atoms with Crippen LogP contribution in [0.1, 0.15) is 20.3 Å². The molecule has 1 aliphatic rings. The largest absolute Gasteiger partial charge is 0.242 e. The Labute approximate surface area is 77.7 Å². The van der Waals surface area contributed by atoms with Gasteiger partial charge in [-0.1, -0.05) is 13.8 Å². The number of hydrogen-bond donors (Lipinski definition) is 0. The Hall–Kier alpha value is 0.400. The normalized spacial score (nSPS) is 19.9. The number of allylic oxidation sites excluding steroid dienone is 1. The van der Waals surface area contributed by atoms with Crippen LogP contribution < -0.4 is 0 Å². The summed E-state index contributed by atoms with van der Waals surface area (Å²) >= 11 is 3.84. The van der Waals surface area contributed by atoms with E-state index in [2.05, 4.69) is 24.4 Å². The first-order valence-corrected chi connectivity index (χ1v) is 6.00. The highest BCUT2D eigenvalue weighted by atomic mass is 32.2. The van der Waals surface area contributed by atoms with E-state index in [1.165, 1.54) is 6.42 Å². The van der Waals surface area contributed by atoms with E-state index >= 15 is 0 Å². The third kappa shape index (κ3) is 2.17. The van der Waals surface area contributed by atoms with Crippen LogP contribution in [0, 0.1) is 0 Å². The molecule has 1 aliphatic heterocycles. The van der Waals surface area contributed by atoms with Crippen LogP contribution in [-0.2, 0) is 0 Å². The molecular weight excluding hydrogens is 174 g/mol. The molecular formula is C8H15NS2. The lowest BCUT2D eigenvalue weighted by Crippen LogP contribution is -2.11. The van der Waals surface area contributed by atoms with Crippen molar-refractivity contribution in [3.63, 3.8) is 0 Å². The zero-order valence-electron chi connectivity index (χ0n) is 7.39. The minimum Gasteiger partial charge on any atom is -0.242 e. The Morgan fingerprint density at radius 2 is 2.27 bits per heavy atom. The Morgan fingerprint density at radius 1 is 1.55 bits per heavy atom. The van der Waals surface area contributed by atoms with E-state index in [0.717, 1.165) is 13.1 Å². The van der Waals surface area contributed by atoms with Gasteiger partial charge >= 0.3 is 0 Å². The van der Waals surface area contributed by atoms with E-state index in [1.54, 1.807) is 9.81 Å². The minimum atomic E-state index is 1.15. The first-order chi connectivity index (χ1) is 5.31. The van der Waals surface area contributed by atoms with Gasteiger partial charge in [0.1, 0.15) is 0 Å². The fourth-order valence-corrected chi connectivity index (χ4v) is 3.13. The summed E-state index contributed by atoms with van der Waals surface area (Å²) in [5.41, 5.74) is 0. The third-order valence-corrected chi connectivity index (χ3v) is 4.19. The van der Waals surface area contributed by atoms with Crippen molar-refractivity contribution in [1.82, 2.24) is 4.31 Å². The number of rotatable bonds is 3. The van der Waals surface area contributed by atoms with Gasteiger partial charge in [-0.05, 0) is 24.6 Å². The lowest BCUT2D eigenvalue weighted by Gasteiger charge is -2.09. The molecule has 0 radical (unpaired) electrons. The SMILES string of the molecule is CCC1=C(SC)CN(CC)S1. The van der Waals surface area contributed by atoms with E-state index in [0.29, 0.717) is 0 Å². The van der Waals surface area contributed by atoms with Gasteiger partial charge in [-0.2, -0.15) is 0 Å². The zero-order valence-corrected chi connectivity index (χ0v) is 9.02. The molecule has 0 aromatic rings. The van der Waals surface area contributed by atoms with Crippen LogP contribution in [0.2, 0.25) is 0 Å². The predicted molar refractivity (Wildman–Crippen MR) is 55.7 cm³/mol. The van der Waals surface area contributed by atoms with Crippen molar-refractivity contribution in [1.29, 1.82) is 0 Å². The molecule has 0 aromatic heterocycles. The highest BCUT2D eigenvalue weighted by molar-refractivity contribution is 8.06. The molecule has 11 heavy (non-hydrogen) atoms. The van der Waals surface area contributed by atoms with Crippen molar-refractivity contribution in [2.45, 2.75) is 20.3 Å². The Bertz CT molecular complexity index is 149. The fourth-order valence-electron chi connectivity index (χ4n) is 1.10. The average molecular weight is 189 g/mol. The first kappa shape index (κ1) is 9.49. The van der Waals surface area contributed by atoms with Crippen LogP contribution in [0.5, 0.6) is 0 Å². The van der Waals surface area contributed by atoms with E-state index in [-0.39, 0.29) is 0 Å². The van der Waals surface area contributed by atoms with Crippen LogP contribution in [-0.4, -0.2) is 23.7 Å². The van der Waals surface area contributed by atoms with Gasteiger partial charge in [0.2, 0.25) is 0 Å². The van der Waals surface area contributed by atoms with Gasteiger partial charge < -0.3 is 0 Å². The van der Waals surface area contributed by atoms with Gasteiger partial charge in [0.15, 0.2) is 0 Å². The summed E-state index contributed by atoms with van der Waals surface area (Å²) in [6.45, 7) is 6.75. The Kier molecular flexibility index (Phi) is 3.82. The second-order valence-electron chi connectivity index (χ2n) is 2.45. The van der Waals surface area contributed by atoms with Crippen LogP contribution in [0.3, 0.4) is 0 Å². The molecule has 0 bridgehead atoms. The van der Waals surface area contributed by atoms with E-state index in [4.69, 9.17) is 0 Å². The lowest BCUT2D eigenvalue weighted by molar-refractivity contribution is 0.559. The number of likely N-dealkylation sites (N-methyl/N-ethyl adjacent to an activating group) is 1. The van der Waals surface area contributed by atoms with Crippen LogP contribution >= 0.6 is 23.7 Å². The molecule has 0 saturated carbocycles. The maximum absolute atomic E-state index is 2.41. The topological polar surface area (TPSA) is 3.24 Å². The molecule has 0 N–H and O–H groups in total. The predicted octanol–water partition coefficient (Wildman–Crippen LogP) is 2.95. The van der Waals surface area contributed by atoms with Gasteiger partial charge in [0.05, 0.1) is 0 Å². The van der Waals surface area contributed by atoms with E-state index in [9.17, 15) is 0 Å². The second-order valence-corrected chi connectivity index (χ2v) is 4.54. The summed E-state index contributed by atoms with van der Waals surface area (Å²) < 4.78 is 2.41. The molecule has 0 spiro atoms. The molecule has 64 valence electrons. The van der Waals surface area contributed by atoms with Crippen molar-refractivity contribution in [2.75, 3.05) is 19.3 Å².